The molecule has 4 nitrogen and oxygen atoms in total. The van der Waals surface area contributed by atoms with E-state index in [9.17, 15) is 27.2 Å². The molecule has 2 aliphatic carbocycles. The minimum Gasteiger partial charge on any atom is -0.481 e. The molecule has 0 saturated heterocycles. The number of anilines is 1. The summed E-state index contributed by atoms with van der Waals surface area (Å²) in [6, 6.07) is 5.00. The third kappa shape index (κ3) is 3.83. The Morgan fingerprint density at radius 1 is 0.966 bits per heavy atom. The molecule has 0 aromatic heterocycles. The van der Waals surface area contributed by atoms with Crippen molar-refractivity contribution in [3.63, 3.8) is 0 Å². The van der Waals surface area contributed by atoms with Crippen LogP contribution in [0, 0.1) is 41.0 Å². The van der Waals surface area contributed by atoms with Crippen LogP contribution in [0.5, 0.6) is 0 Å². The van der Waals surface area contributed by atoms with Gasteiger partial charge in [-0.2, -0.15) is 0 Å². The highest BCUT2D eigenvalue weighted by Crippen LogP contribution is 2.60. The highest BCUT2D eigenvalue weighted by atomic mass is 32.2. The predicted octanol–water partition coefficient (Wildman–Crippen LogP) is 4.70. The lowest BCUT2D eigenvalue weighted by Crippen LogP contribution is -2.13. The number of halogens is 4. The Bertz CT molecular complexity index is 980. The Balaban J connectivity index is 1.44. The normalized spacial score (nSPS) is 24.8. The quantitative estimate of drug-likeness (QED) is 0.539. The molecule has 152 valence electrons. The van der Waals surface area contributed by atoms with Crippen molar-refractivity contribution in [1.82, 2.24) is 0 Å². The van der Waals surface area contributed by atoms with E-state index in [1.165, 1.54) is 23.9 Å². The summed E-state index contributed by atoms with van der Waals surface area (Å²) in [5.41, 5.74) is -0.189. The molecule has 4 rings (SSSR count). The average Bonchev–Trinajstić information content (AvgIpc) is 3.18. The molecule has 0 aliphatic heterocycles. The number of hydrogen-bond acceptors (Lipinski definition) is 3. The van der Waals surface area contributed by atoms with E-state index in [4.69, 9.17) is 5.11 Å². The van der Waals surface area contributed by atoms with Crippen LogP contribution in [0.25, 0.3) is 0 Å². The van der Waals surface area contributed by atoms with Gasteiger partial charge in [0.05, 0.1) is 5.92 Å². The summed E-state index contributed by atoms with van der Waals surface area (Å²) in [5, 5.41) is 11.4. The summed E-state index contributed by atoms with van der Waals surface area (Å²) in [7, 11) is 0. The number of carbonyl (C=O) groups excluding carboxylic acids is 1. The van der Waals surface area contributed by atoms with Crippen molar-refractivity contribution in [2.45, 2.75) is 23.0 Å². The number of rotatable bonds is 5. The van der Waals surface area contributed by atoms with Crippen LogP contribution in [-0.4, -0.2) is 22.2 Å². The van der Waals surface area contributed by atoms with Crippen LogP contribution in [0.2, 0.25) is 0 Å². The Hall–Kier alpha value is -2.55. The maximum atomic E-state index is 14.2. The maximum absolute atomic E-state index is 14.2. The number of fused-ring (bicyclic) bond motifs is 1. The van der Waals surface area contributed by atoms with Crippen LogP contribution < -0.4 is 5.32 Å². The molecular weight excluding hydrogens is 410 g/mol. The topological polar surface area (TPSA) is 66.4 Å². The van der Waals surface area contributed by atoms with Gasteiger partial charge in [0.1, 0.15) is 5.82 Å². The van der Waals surface area contributed by atoms with Gasteiger partial charge in [0.15, 0.2) is 17.5 Å². The molecule has 2 aliphatic rings. The maximum Gasteiger partial charge on any atom is 0.307 e. The van der Waals surface area contributed by atoms with Crippen molar-refractivity contribution in [3.8, 4) is 0 Å². The first kappa shape index (κ1) is 19.8. The monoisotopic (exact) mass is 425 g/mol. The smallest absolute Gasteiger partial charge is 0.307 e. The predicted molar refractivity (Wildman–Crippen MR) is 97.7 cm³/mol. The highest BCUT2D eigenvalue weighted by molar-refractivity contribution is 8.00. The Kier molecular flexibility index (Phi) is 5.02. The molecule has 2 aromatic rings. The van der Waals surface area contributed by atoms with E-state index < -0.39 is 35.1 Å². The minimum absolute atomic E-state index is 0.0636. The Morgan fingerprint density at radius 2 is 1.59 bits per heavy atom. The summed E-state index contributed by atoms with van der Waals surface area (Å²) in [6.45, 7) is 0. The third-order valence-electron chi connectivity index (χ3n) is 5.42. The summed E-state index contributed by atoms with van der Waals surface area (Å²) >= 11 is 1.25. The molecule has 2 aromatic carbocycles. The lowest BCUT2D eigenvalue weighted by molar-refractivity contribution is -0.139. The molecule has 2 unspecified atom stereocenters. The molecule has 2 N–H and O–H groups in total. The average molecular weight is 425 g/mol. The second-order valence-corrected chi connectivity index (χ2v) is 8.60. The summed E-state index contributed by atoms with van der Waals surface area (Å²) in [5.74, 6) is -6.58. The molecular formula is C20H15F4NO3S. The van der Waals surface area contributed by atoms with Gasteiger partial charge in [-0.25, -0.2) is 17.6 Å². The zero-order valence-electron chi connectivity index (χ0n) is 14.8. The number of carbonyl (C=O) groups is 2. The first-order valence-electron chi connectivity index (χ1n) is 8.89. The lowest BCUT2D eigenvalue weighted by atomic mass is 10.1. The number of nitrogens with one attached hydrogen (secondary N) is 1. The molecule has 0 radical (unpaired) electrons. The number of aliphatic carboxylic acids is 1. The molecule has 0 spiro atoms. The summed E-state index contributed by atoms with van der Waals surface area (Å²) < 4.78 is 53.8. The van der Waals surface area contributed by atoms with Crippen molar-refractivity contribution >= 4 is 29.3 Å². The fourth-order valence-corrected chi connectivity index (χ4v) is 5.37. The van der Waals surface area contributed by atoms with E-state index in [-0.39, 0.29) is 39.1 Å². The summed E-state index contributed by atoms with van der Waals surface area (Å²) in [6.07, 6.45) is 1.35. The Morgan fingerprint density at radius 3 is 2.17 bits per heavy atom. The second-order valence-electron chi connectivity index (χ2n) is 7.26. The van der Waals surface area contributed by atoms with Crippen LogP contribution in [0.3, 0.4) is 0 Å². The molecule has 0 bridgehead atoms. The molecule has 4 atom stereocenters. The molecule has 2 fully saturated rings. The van der Waals surface area contributed by atoms with Crippen molar-refractivity contribution in [1.29, 1.82) is 0 Å². The zero-order valence-corrected chi connectivity index (χ0v) is 15.6. The fraction of sp³-hybridized carbons (Fsp3) is 0.300. The van der Waals surface area contributed by atoms with E-state index in [0.717, 1.165) is 6.07 Å². The van der Waals surface area contributed by atoms with Gasteiger partial charge in [0.2, 0.25) is 0 Å². The number of carboxylic acid groups (broad SMARTS) is 1. The van der Waals surface area contributed by atoms with Gasteiger partial charge >= 0.3 is 5.97 Å². The SMILES string of the molecule is O=C(Nc1cc(F)c(F)c(F)c1)c1ccc(F)c(SC2CC3[C@@H](C2)[C@H]3C(=O)O)c1. The summed E-state index contributed by atoms with van der Waals surface area (Å²) in [4.78, 5) is 23.6. The number of thioether (sulfide) groups is 1. The first-order valence-corrected chi connectivity index (χ1v) is 9.77. The number of hydrogen-bond donors (Lipinski definition) is 2. The van der Waals surface area contributed by atoms with Crippen LogP contribution in [0.4, 0.5) is 23.2 Å². The number of benzene rings is 2. The zero-order chi connectivity index (χ0) is 20.9. The number of carboxylic acids is 1. The van der Waals surface area contributed by atoms with Gasteiger partial charge in [0, 0.05) is 33.5 Å². The van der Waals surface area contributed by atoms with Crippen LogP contribution in [0.15, 0.2) is 35.2 Å². The van der Waals surface area contributed by atoms with Crippen molar-refractivity contribution in [3.05, 3.63) is 59.2 Å². The fourth-order valence-electron chi connectivity index (χ4n) is 4.00. The molecule has 0 heterocycles. The molecule has 1 amide bonds. The van der Waals surface area contributed by atoms with E-state index in [2.05, 4.69) is 5.32 Å². The molecule has 9 heteroatoms. The molecule has 29 heavy (non-hydrogen) atoms. The van der Waals surface area contributed by atoms with E-state index in [0.29, 0.717) is 25.0 Å². The van der Waals surface area contributed by atoms with E-state index in [1.54, 1.807) is 0 Å². The van der Waals surface area contributed by atoms with E-state index >= 15 is 0 Å². The van der Waals surface area contributed by atoms with E-state index in [1.807, 2.05) is 0 Å². The van der Waals surface area contributed by atoms with Crippen LogP contribution in [0.1, 0.15) is 23.2 Å². The third-order valence-corrected chi connectivity index (χ3v) is 6.70. The van der Waals surface area contributed by atoms with Crippen molar-refractivity contribution in [2.75, 3.05) is 5.32 Å². The second kappa shape index (κ2) is 7.37. The van der Waals surface area contributed by atoms with Gasteiger partial charge < -0.3 is 10.4 Å². The van der Waals surface area contributed by atoms with Crippen LogP contribution >= 0.6 is 11.8 Å². The molecule has 2 saturated carbocycles. The largest absolute Gasteiger partial charge is 0.481 e. The minimum atomic E-state index is -1.64. The highest BCUT2D eigenvalue weighted by Gasteiger charge is 2.59. The van der Waals surface area contributed by atoms with Gasteiger partial charge in [-0.1, -0.05) is 0 Å². The number of amides is 1. The lowest BCUT2D eigenvalue weighted by Gasteiger charge is -2.14. The van der Waals surface area contributed by atoms with Gasteiger partial charge in [0.25, 0.3) is 5.91 Å². The Labute approximate surface area is 167 Å². The first-order chi connectivity index (χ1) is 13.7. The van der Waals surface area contributed by atoms with Gasteiger partial charge in [-0.15, -0.1) is 11.8 Å². The van der Waals surface area contributed by atoms with Gasteiger partial charge in [-0.05, 0) is 42.9 Å². The van der Waals surface area contributed by atoms with Crippen molar-refractivity contribution < 1.29 is 32.3 Å². The van der Waals surface area contributed by atoms with Crippen LogP contribution in [-0.2, 0) is 4.79 Å². The standard InChI is InChI=1S/C20H15F4NO3S/c21-13-2-1-8(19(26)25-9-4-14(22)18(24)15(23)5-9)3-16(13)29-10-6-11-12(7-10)17(11)20(27)28/h1-5,10-12,17H,6-7H2,(H,25,26)(H,27,28)/t10?,11-,12?,17-/m1/s1. The van der Waals surface area contributed by atoms with Gasteiger partial charge in [-0.3, -0.25) is 9.59 Å². The van der Waals surface area contributed by atoms with Crippen molar-refractivity contribution in [2.24, 2.45) is 17.8 Å².